The lowest BCUT2D eigenvalue weighted by Gasteiger charge is -2.23. The zero-order valence-electron chi connectivity index (χ0n) is 57.0. The largest absolute Gasteiger partial charge is 0.299 e. The van der Waals surface area contributed by atoms with Crippen LogP contribution in [0.5, 0.6) is 0 Å². The molecule has 2 unspecified atom stereocenters. The van der Waals surface area contributed by atoms with E-state index in [-0.39, 0.29) is 0 Å². The molecule has 0 radical (unpaired) electrons. The van der Waals surface area contributed by atoms with E-state index < -0.39 is 0 Å². The predicted molar refractivity (Wildman–Crippen MR) is 367 cm³/mol. The number of hydrogen-bond donors (Lipinski definition) is 0. The first kappa shape index (κ1) is 79.7. The van der Waals surface area contributed by atoms with E-state index in [0.29, 0.717) is 11.8 Å². The molecule has 0 saturated carbocycles. The highest BCUT2D eigenvalue weighted by Crippen LogP contribution is 2.30. The van der Waals surface area contributed by atoms with Gasteiger partial charge < -0.3 is 0 Å². The summed E-state index contributed by atoms with van der Waals surface area (Å²) in [6, 6.07) is 0. The van der Waals surface area contributed by atoms with Gasteiger partial charge in [0.05, 0.1) is 0 Å². The van der Waals surface area contributed by atoms with E-state index in [1.165, 1.54) is 462 Å². The van der Waals surface area contributed by atoms with Gasteiger partial charge in [-0.3, -0.25) is 4.79 Å². The molecule has 0 bridgehead atoms. The van der Waals surface area contributed by atoms with Crippen LogP contribution in [-0.4, -0.2) is 5.78 Å². The highest BCUT2D eigenvalue weighted by molar-refractivity contribution is 5.83. The second-order valence-electron chi connectivity index (χ2n) is 27.6. The van der Waals surface area contributed by atoms with Gasteiger partial charge >= 0.3 is 0 Å². The zero-order valence-corrected chi connectivity index (χ0v) is 57.0. The lowest BCUT2D eigenvalue weighted by molar-refractivity contribution is -0.128. The maximum absolute atomic E-state index is 14.8. The second kappa shape index (κ2) is 72.9. The van der Waals surface area contributed by atoms with Gasteiger partial charge in [0.1, 0.15) is 5.78 Å². The highest BCUT2D eigenvalue weighted by Gasteiger charge is 2.26. The standard InChI is InChI=1S/C79H158O/c1-5-9-13-17-21-25-29-33-37-39-41-43-45-47-51-55-59-63-67-71-75-77(73-69-65-61-57-53-49-35-31-27-23-19-15-11-7-3)79(80)78(74-70-66-62-58-54-50-36-32-28-24-20-16-12-8-4)76-72-68-64-60-56-52-48-46-44-42-40-38-34-30-26-22-18-14-10-6-2/h77-78H,5-76H2,1-4H3. The number of Topliss-reactive ketones (excluding diaryl/α,β-unsaturated/α-hetero) is 1. The van der Waals surface area contributed by atoms with Crippen molar-refractivity contribution in [1.29, 1.82) is 0 Å². The van der Waals surface area contributed by atoms with Gasteiger partial charge in [-0.15, -0.1) is 0 Å². The normalized spacial score (nSPS) is 12.6. The summed E-state index contributed by atoms with van der Waals surface area (Å²) in [6.45, 7) is 9.29. The summed E-state index contributed by atoms with van der Waals surface area (Å²) in [7, 11) is 0. The monoisotopic (exact) mass is 1120 g/mol. The third kappa shape index (κ3) is 65.2. The van der Waals surface area contributed by atoms with Crippen LogP contribution in [0, 0.1) is 11.8 Å². The van der Waals surface area contributed by atoms with Crippen molar-refractivity contribution in [3.63, 3.8) is 0 Å². The predicted octanol–water partition coefficient (Wildman–Crippen LogP) is 30.0. The zero-order chi connectivity index (χ0) is 57.6. The minimum Gasteiger partial charge on any atom is -0.299 e. The van der Waals surface area contributed by atoms with E-state index in [1.54, 1.807) is 0 Å². The molecule has 0 amide bonds. The van der Waals surface area contributed by atoms with Gasteiger partial charge in [-0.2, -0.15) is 0 Å². The Bertz CT molecular complexity index is 996. The molecule has 0 saturated heterocycles. The minimum absolute atomic E-state index is 0.338. The van der Waals surface area contributed by atoms with Crippen molar-refractivity contribution in [1.82, 2.24) is 0 Å². The van der Waals surface area contributed by atoms with Gasteiger partial charge in [-0.05, 0) is 25.7 Å². The van der Waals surface area contributed by atoms with Crippen LogP contribution in [0.2, 0.25) is 0 Å². The smallest absolute Gasteiger partial charge is 0.139 e. The molecule has 0 aliphatic heterocycles. The molecule has 0 heterocycles. The third-order valence-corrected chi connectivity index (χ3v) is 19.4. The molecule has 0 fully saturated rings. The summed E-state index contributed by atoms with van der Waals surface area (Å²) in [5, 5.41) is 0. The molecule has 2 atom stereocenters. The fourth-order valence-corrected chi connectivity index (χ4v) is 13.7. The minimum atomic E-state index is 0.338. The Morgan fingerprint density at radius 2 is 0.237 bits per heavy atom. The number of unbranched alkanes of at least 4 members (excludes halogenated alkanes) is 64. The summed E-state index contributed by atoms with van der Waals surface area (Å²) in [5.74, 6) is 1.40. The lowest BCUT2D eigenvalue weighted by atomic mass is 9.80. The van der Waals surface area contributed by atoms with Gasteiger partial charge in [-0.1, -0.05) is 464 Å². The number of carbonyl (C=O) groups is 1. The van der Waals surface area contributed by atoms with Gasteiger partial charge in [0.15, 0.2) is 0 Å². The van der Waals surface area contributed by atoms with E-state index in [1.807, 2.05) is 0 Å². The Kier molecular flexibility index (Phi) is 72.6. The molecule has 0 aliphatic carbocycles. The Hall–Kier alpha value is -0.330. The first-order chi connectivity index (χ1) is 39.7. The Labute approximate surface area is 509 Å². The van der Waals surface area contributed by atoms with Crippen LogP contribution in [0.1, 0.15) is 490 Å². The Morgan fingerprint density at radius 3 is 0.338 bits per heavy atom. The molecule has 0 aromatic carbocycles. The van der Waals surface area contributed by atoms with Crippen LogP contribution >= 0.6 is 0 Å². The van der Waals surface area contributed by atoms with Crippen molar-refractivity contribution in [2.75, 3.05) is 0 Å². The lowest BCUT2D eigenvalue weighted by Crippen LogP contribution is -2.24. The summed E-state index contributed by atoms with van der Waals surface area (Å²) in [6.07, 6.45) is 102. The molecule has 0 spiro atoms. The molecular formula is C79H158O. The Balaban J connectivity index is 4.94. The van der Waals surface area contributed by atoms with Crippen LogP contribution in [-0.2, 0) is 4.79 Å². The first-order valence-corrected chi connectivity index (χ1v) is 39.2. The fourth-order valence-electron chi connectivity index (χ4n) is 13.7. The number of hydrogen-bond acceptors (Lipinski definition) is 1. The molecule has 0 aromatic rings. The van der Waals surface area contributed by atoms with Crippen molar-refractivity contribution in [3.05, 3.63) is 0 Å². The van der Waals surface area contributed by atoms with E-state index in [9.17, 15) is 4.79 Å². The topological polar surface area (TPSA) is 17.1 Å². The van der Waals surface area contributed by atoms with E-state index in [2.05, 4.69) is 27.7 Å². The molecule has 80 heavy (non-hydrogen) atoms. The van der Waals surface area contributed by atoms with E-state index >= 15 is 0 Å². The van der Waals surface area contributed by atoms with Crippen LogP contribution in [0.15, 0.2) is 0 Å². The average Bonchev–Trinajstić information content (AvgIpc) is 3.47. The SMILES string of the molecule is CCCCCCCCCCCCCCCCCCCCCCC(CCCCCCCCCCCCCCCC)C(=O)C(CCCCCCCCCCCCCCCC)CCCCCCCCCCCCCCCCCCCCCC. The summed E-state index contributed by atoms with van der Waals surface area (Å²) in [4.78, 5) is 14.8. The molecule has 1 heteroatoms. The molecule has 480 valence electrons. The molecule has 1 nitrogen and oxygen atoms in total. The summed E-state index contributed by atoms with van der Waals surface area (Å²) in [5.41, 5.74) is 0. The maximum atomic E-state index is 14.8. The van der Waals surface area contributed by atoms with Crippen LogP contribution in [0.4, 0.5) is 0 Å². The first-order valence-electron chi connectivity index (χ1n) is 39.2. The number of carbonyl (C=O) groups excluding carboxylic acids is 1. The van der Waals surface area contributed by atoms with Gasteiger partial charge in [0.2, 0.25) is 0 Å². The molecule has 0 aliphatic rings. The van der Waals surface area contributed by atoms with Gasteiger partial charge in [0.25, 0.3) is 0 Å². The molecule has 0 N–H and O–H groups in total. The molecule has 0 aromatic heterocycles. The van der Waals surface area contributed by atoms with Crippen molar-refractivity contribution in [3.8, 4) is 0 Å². The summed E-state index contributed by atoms with van der Waals surface area (Å²) < 4.78 is 0. The van der Waals surface area contributed by atoms with Gasteiger partial charge in [-0.25, -0.2) is 0 Å². The molecular weight excluding hydrogens is 965 g/mol. The van der Waals surface area contributed by atoms with Crippen LogP contribution in [0.3, 0.4) is 0 Å². The van der Waals surface area contributed by atoms with E-state index in [0.717, 1.165) is 5.78 Å². The van der Waals surface area contributed by atoms with E-state index in [4.69, 9.17) is 0 Å². The van der Waals surface area contributed by atoms with Crippen molar-refractivity contribution in [2.45, 2.75) is 490 Å². The van der Waals surface area contributed by atoms with Crippen molar-refractivity contribution in [2.24, 2.45) is 11.8 Å². The highest BCUT2D eigenvalue weighted by atomic mass is 16.1. The quantitative estimate of drug-likeness (QED) is 0.0555. The number of ketones is 1. The second-order valence-corrected chi connectivity index (χ2v) is 27.6. The van der Waals surface area contributed by atoms with Crippen LogP contribution < -0.4 is 0 Å². The van der Waals surface area contributed by atoms with Gasteiger partial charge in [0, 0.05) is 11.8 Å². The molecule has 0 rings (SSSR count). The Morgan fingerprint density at radius 1 is 0.150 bits per heavy atom. The van der Waals surface area contributed by atoms with Crippen LogP contribution in [0.25, 0.3) is 0 Å². The fraction of sp³-hybridized carbons (Fsp3) is 0.987. The van der Waals surface area contributed by atoms with Crippen molar-refractivity contribution < 1.29 is 4.79 Å². The summed E-state index contributed by atoms with van der Waals surface area (Å²) >= 11 is 0. The van der Waals surface area contributed by atoms with Crippen molar-refractivity contribution >= 4 is 5.78 Å². The average molecular weight is 1120 g/mol. The maximum Gasteiger partial charge on any atom is 0.139 e. The number of rotatable bonds is 74. The third-order valence-electron chi connectivity index (χ3n) is 19.4.